The molecule has 33 heavy (non-hydrogen) atoms. The highest BCUT2D eigenvalue weighted by Gasteiger charge is 2.17. The molecule has 0 atom stereocenters. The fourth-order valence-corrected chi connectivity index (χ4v) is 2.99. The highest BCUT2D eigenvalue weighted by molar-refractivity contribution is 5.98. The van der Waals surface area contributed by atoms with Gasteiger partial charge in [0.25, 0.3) is 5.91 Å². The summed E-state index contributed by atoms with van der Waals surface area (Å²) in [5, 5.41) is 15.2. The standard InChI is InChI=1S/C26H29N5O2/c1-26(2,3)18-30-24-22(16-29-23(15-27)31-24)25(32)28-14-13-19-9-11-21(12-10-19)33-17-20-7-5-4-6-8-20/h4-12,16H,13-14,17-18H2,1-3H3,(H,28,32)(H,29,30,31). The van der Waals surface area contributed by atoms with Crippen LogP contribution in [-0.2, 0) is 13.0 Å². The van der Waals surface area contributed by atoms with Gasteiger partial charge in [0.15, 0.2) is 0 Å². The Morgan fingerprint density at radius 2 is 1.79 bits per heavy atom. The summed E-state index contributed by atoms with van der Waals surface area (Å²) in [5.41, 5.74) is 2.52. The van der Waals surface area contributed by atoms with Crippen LogP contribution in [0.4, 0.5) is 5.82 Å². The predicted octanol–water partition coefficient (Wildman–Crippen LogP) is 4.36. The van der Waals surface area contributed by atoms with E-state index in [1.54, 1.807) is 0 Å². The van der Waals surface area contributed by atoms with Gasteiger partial charge < -0.3 is 15.4 Å². The highest BCUT2D eigenvalue weighted by atomic mass is 16.5. The van der Waals surface area contributed by atoms with E-state index >= 15 is 0 Å². The van der Waals surface area contributed by atoms with Gasteiger partial charge in [-0.2, -0.15) is 5.26 Å². The molecule has 0 aliphatic carbocycles. The fraction of sp³-hybridized carbons (Fsp3) is 0.308. The Kier molecular flexibility index (Phi) is 7.98. The molecule has 0 aliphatic rings. The molecule has 0 bridgehead atoms. The van der Waals surface area contributed by atoms with E-state index in [4.69, 9.17) is 10.00 Å². The lowest BCUT2D eigenvalue weighted by atomic mass is 9.97. The van der Waals surface area contributed by atoms with Crippen molar-refractivity contribution in [2.75, 3.05) is 18.4 Å². The lowest BCUT2D eigenvalue weighted by Gasteiger charge is -2.20. The van der Waals surface area contributed by atoms with Crippen molar-refractivity contribution in [2.45, 2.75) is 33.8 Å². The molecule has 2 aromatic carbocycles. The summed E-state index contributed by atoms with van der Waals surface area (Å²) < 4.78 is 5.81. The van der Waals surface area contributed by atoms with Gasteiger partial charge in [-0.1, -0.05) is 63.2 Å². The van der Waals surface area contributed by atoms with Crippen molar-refractivity contribution >= 4 is 11.7 Å². The van der Waals surface area contributed by atoms with Gasteiger partial charge in [0.05, 0.1) is 0 Å². The van der Waals surface area contributed by atoms with Gasteiger partial charge in [-0.15, -0.1) is 0 Å². The summed E-state index contributed by atoms with van der Waals surface area (Å²) in [6.07, 6.45) is 2.07. The average molecular weight is 444 g/mol. The van der Waals surface area contributed by atoms with Gasteiger partial charge in [0, 0.05) is 19.3 Å². The summed E-state index contributed by atoms with van der Waals surface area (Å²) in [6.45, 7) is 7.81. The molecule has 1 heterocycles. The second kappa shape index (κ2) is 11.1. The van der Waals surface area contributed by atoms with E-state index in [-0.39, 0.29) is 17.1 Å². The van der Waals surface area contributed by atoms with Crippen molar-refractivity contribution in [3.8, 4) is 11.8 Å². The smallest absolute Gasteiger partial charge is 0.256 e. The van der Waals surface area contributed by atoms with Crippen LogP contribution in [-0.4, -0.2) is 29.0 Å². The number of ether oxygens (including phenoxy) is 1. The third kappa shape index (κ3) is 7.62. The zero-order valence-electron chi connectivity index (χ0n) is 19.3. The maximum atomic E-state index is 12.7. The monoisotopic (exact) mass is 443 g/mol. The third-order valence-electron chi connectivity index (χ3n) is 4.79. The van der Waals surface area contributed by atoms with Crippen LogP contribution in [0.5, 0.6) is 5.75 Å². The molecule has 1 aromatic heterocycles. The number of rotatable bonds is 9. The molecule has 0 saturated heterocycles. The summed E-state index contributed by atoms with van der Waals surface area (Å²) in [4.78, 5) is 20.8. The van der Waals surface area contributed by atoms with Crippen LogP contribution in [0.25, 0.3) is 0 Å². The van der Waals surface area contributed by atoms with Crippen molar-refractivity contribution in [2.24, 2.45) is 5.41 Å². The van der Waals surface area contributed by atoms with Gasteiger partial charge in [0.1, 0.15) is 29.8 Å². The lowest BCUT2D eigenvalue weighted by molar-refractivity contribution is 0.0954. The molecular weight excluding hydrogens is 414 g/mol. The van der Waals surface area contributed by atoms with Crippen molar-refractivity contribution < 1.29 is 9.53 Å². The summed E-state index contributed by atoms with van der Waals surface area (Å²) in [7, 11) is 0. The Morgan fingerprint density at radius 1 is 1.06 bits per heavy atom. The van der Waals surface area contributed by atoms with Gasteiger partial charge in [0.2, 0.25) is 5.82 Å². The molecular formula is C26H29N5O2. The number of hydrogen-bond acceptors (Lipinski definition) is 6. The number of anilines is 1. The summed E-state index contributed by atoms with van der Waals surface area (Å²) in [6, 6.07) is 19.8. The van der Waals surface area contributed by atoms with E-state index in [2.05, 4.69) is 41.4 Å². The topological polar surface area (TPSA) is 99.9 Å². The SMILES string of the molecule is CC(C)(C)CNc1nc(C#N)ncc1C(=O)NCCc1ccc(OCc2ccccc2)cc1. The molecule has 3 aromatic rings. The molecule has 0 radical (unpaired) electrons. The van der Waals surface area contributed by atoms with Crippen molar-refractivity contribution in [3.05, 3.63) is 83.3 Å². The molecule has 1 amide bonds. The zero-order chi connectivity index (χ0) is 23.7. The number of nitrogens with zero attached hydrogens (tertiary/aromatic N) is 3. The van der Waals surface area contributed by atoms with Gasteiger partial charge in [-0.05, 0) is 35.1 Å². The zero-order valence-corrected chi connectivity index (χ0v) is 19.3. The lowest BCUT2D eigenvalue weighted by Crippen LogP contribution is -2.28. The largest absolute Gasteiger partial charge is 0.489 e. The first-order valence-electron chi connectivity index (χ1n) is 10.9. The van der Waals surface area contributed by atoms with Crippen LogP contribution in [0, 0.1) is 16.7 Å². The van der Waals surface area contributed by atoms with Crippen molar-refractivity contribution in [1.82, 2.24) is 15.3 Å². The Morgan fingerprint density at radius 3 is 2.45 bits per heavy atom. The normalized spacial score (nSPS) is 10.8. The second-order valence-corrected chi connectivity index (χ2v) is 8.91. The summed E-state index contributed by atoms with van der Waals surface area (Å²) >= 11 is 0. The van der Waals surface area contributed by atoms with Gasteiger partial charge in [-0.3, -0.25) is 4.79 Å². The molecule has 7 heteroatoms. The number of benzene rings is 2. The minimum Gasteiger partial charge on any atom is -0.489 e. The maximum Gasteiger partial charge on any atom is 0.256 e. The van der Waals surface area contributed by atoms with E-state index in [1.807, 2.05) is 60.7 Å². The van der Waals surface area contributed by atoms with E-state index in [0.29, 0.717) is 37.5 Å². The van der Waals surface area contributed by atoms with Crippen LogP contribution in [0.3, 0.4) is 0 Å². The van der Waals surface area contributed by atoms with Crippen LogP contribution >= 0.6 is 0 Å². The fourth-order valence-electron chi connectivity index (χ4n) is 2.99. The van der Waals surface area contributed by atoms with E-state index in [9.17, 15) is 4.79 Å². The van der Waals surface area contributed by atoms with Gasteiger partial charge >= 0.3 is 0 Å². The number of aromatic nitrogens is 2. The number of amides is 1. The van der Waals surface area contributed by atoms with Crippen LogP contribution < -0.4 is 15.4 Å². The third-order valence-corrected chi connectivity index (χ3v) is 4.79. The Balaban J connectivity index is 1.53. The first kappa shape index (κ1) is 23.7. The quantitative estimate of drug-likeness (QED) is 0.510. The number of carbonyl (C=O) groups is 1. The molecule has 2 N–H and O–H groups in total. The predicted molar refractivity (Wildman–Crippen MR) is 128 cm³/mol. The Bertz CT molecular complexity index is 1100. The number of hydrogen-bond donors (Lipinski definition) is 2. The minimum atomic E-state index is -0.279. The second-order valence-electron chi connectivity index (χ2n) is 8.91. The van der Waals surface area contributed by atoms with E-state index in [1.165, 1.54) is 6.20 Å². The number of nitrogens with one attached hydrogen (secondary N) is 2. The average Bonchev–Trinajstić information content (AvgIpc) is 2.82. The molecule has 0 spiro atoms. The van der Waals surface area contributed by atoms with Crippen LogP contribution in [0.2, 0.25) is 0 Å². The number of nitriles is 1. The van der Waals surface area contributed by atoms with E-state index in [0.717, 1.165) is 16.9 Å². The molecule has 3 rings (SSSR count). The van der Waals surface area contributed by atoms with Crippen LogP contribution in [0.1, 0.15) is 48.1 Å². The molecule has 0 aliphatic heterocycles. The number of carbonyl (C=O) groups excluding carboxylic acids is 1. The first-order chi connectivity index (χ1) is 15.8. The molecule has 170 valence electrons. The Labute approximate surface area is 194 Å². The van der Waals surface area contributed by atoms with E-state index < -0.39 is 0 Å². The van der Waals surface area contributed by atoms with Gasteiger partial charge in [-0.25, -0.2) is 9.97 Å². The first-order valence-corrected chi connectivity index (χ1v) is 10.9. The molecule has 7 nitrogen and oxygen atoms in total. The Hall–Kier alpha value is -3.92. The highest BCUT2D eigenvalue weighted by Crippen LogP contribution is 2.18. The molecule has 0 fully saturated rings. The van der Waals surface area contributed by atoms with Crippen LogP contribution in [0.15, 0.2) is 60.8 Å². The molecule has 0 saturated carbocycles. The molecule has 0 unspecified atom stereocenters. The van der Waals surface area contributed by atoms with Crippen molar-refractivity contribution in [1.29, 1.82) is 5.26 Å². The van der Waals surface area contributed by atoms with Crippen molar-refractivity contribution in [3.63, 3.8) is 0 Å². The summed E-state index contributed by atoms with van der Waals surface area (Å²) in [5.74, 6) is 0.918. The minimum absolute atomic E-state index is 0.0114. The maximum absolute atomic E-state index is 12.7.